The quantitative estimate of drug-likeness (QED) is 0.677. The van der Waals surface area contributed by atoms with Crippen LogP contribution < -0.4 is 0 Å². The van der Waals surface area contributed by atoms with Gasteiger partial charge in [-0.05, 0) is 12.1 Å². The fraction of sp³-hybridized carbons (Fsp3) is 0. The monoisotopic (exact) mass is 188 g/mol. The number of halogens is 1. The molecule has 68 valence electrons. The first-order valence-corrected chi connectivity index (χ1v) is 3.86. The normalized spacial score (nSPS) is 9.71. The molecular weight excluding hydrogens is 183 g/mol. The first-order valence-electron chi connectivity index (χ1n) is 3.86. The summed E-state index contributed by atoms with van der Waals surface area (Å²) in [6.45, 7) is 0. The van der Waals surface area contributed by atoms with Gasteiger partial charge in [0.25, 0.3) is 0 Å². The third-order valence-corrected chi connectivity index (χ3v) is 1.76. The molecule has 0 saturated heterocycles. The zero-order chi connectivity index (χ0) is 9.97. The average Bonchev–Trinajstić information content (AvgIpc) is 2.70. The summed E-state index contributed by atoms with van der Waals surface area (Å²) in [5.74, 6) is -0.555. The van der Waals surface area contributed by atoms with Gasteiger partial charge < -0.3 is 0 Å². The van der Waals surface area contributed by atoms with Crippen LogP contribution in [0.3, 0.4) is 0 Å². The standard InChI is InChI=1S/C9H5FN4/c10-9-3-8(2-1-7(9)4-11)14-6-12-5-13-14/h1-3,5-6H. The Morgan fingerprint density at radius 3 is 2.86 bits per heavy atom. The second-order valence-electron chi connectivity index (χ2n) is 2.62. The Kier molecular flexibility index (Phi) is 1.95. The van der Waals surface area contributed by atoms with Crippen LogP contribution in [0.25, 0.3) is 5.69 Å². The first kappa shape index (κ1) is 8.38. The fourth-order valence-electron chi connectivity index (χ4n) is 1.08. The summed E-state index contributed by atoms with van der Waals surface area (Å²) < 4.78 is 14.6. The van der Waals surface area contributed by atoms with E-state index in [1.54, 1.807) is 12.1 Å². The molecule has 14 heavy (non-hydrogen) atoms. The third-order valence-electron chi connectivity index (χ3n) is 1.76. The molecule has 2 rings (SSSR count). The molecular formula is C9H5FN4. The van der Waals surface area contributed by atoms with E-state index < -0.39 is 5.82 Å². The number of nitriles is 1. The summed E-state index contributed by atoms with van der Waals surface area (Å²) in [5.41, 5.74) is 0.563. The highest BCUT2D eigenvalue weighted by molar-refractivity contribution is 5.39. The molecule has 0 unspecified atom stereocenters. The van der Waals surface area contributed by atoms with Gasteiger partial charge >= 0.3 is 0 Å². The van der Waals surface area contributed by atoms with E-state index in [0.29, 0.717) is 5.69 Å². The summed E-state index contributed by atoms with van der Waals surface area (Å²) in [6, 6.07) is 6.01. The molecule has 2 aromatic rings. The van der Waals surface area contributed by atoms with Gasteiger partial charge in [0, 0.05) is 6.07 Å². The van der Waals surface area contributed by atoms with Crippen molar-refractivity contribution in [2.75, 3.05) is 0 Å². The van der Waals surface area contributed by atoms with Crippen LogP contribution in [0.4, 0.5) is 4.39 Å². The van der Waals surface area contributed by atoms with Crippen molar-refractivity contribution < 1.29 is 4.39 Å². The zero-order valence-electron chi connectivity index (χ0n) is 7.05. The van der Waals surface area contributed by atoms with Crippen molar-refractivity contribution in [1.82, 2.24) is 14.8 Å². The minimum Gasteiger partial charge on any atom is -0.223 e. The smallest absolute Gasteiger partial charge is 0.143 e. The van der Waals surface area contributed by atoms with Crippen molar-refractivity contribution in [3.8, 4) is 11.8 Å². The lowest BCUT2D eigenvalue weighted by molar-refractivity contribution is 0.621. The highest BCUT2D eigenvalue weighted by Crippen LogP contribution is 2.11. The second kappa shape index (κ2) is 3.26. The van der Waals surface area contributed by atoms with Gasteiger partial charge in [-0.15, -0.1) is 0 Å². The van der Waals surface area contributed by atoms with E-state index in [0.717, 1.165) is 0 Å². The summed E-state index contributed by atoms with van der Waals surface area (Å²) in [7, 11) is 0. The number of aromatic nitrogens is 3. The minimum atomic E-state index is -0.555. The highest BCUT2D eigenvalue weighted by Gasteiger charge is 2.03. The SMILES string of the molecule is N#Cc1ccc(-n2cncn2)cc1F. The summed E-state index contributed by atoms with van der Waals surface area (Å²) >= 11 is 0. The highest BCUT2D eigenvalue weighted by atomic mass is 19.1. The number of rotatable bonds is 1. The number of nitrogens with zero attached hydrogens (tertiary/aromatic N) is 4. The molecule has 0 saturated carbocycles. The van der Waals surface area contributed by atoms with Crippen LogP contribution in [0.15, 0.2) is 30.9 Å². The summed E-state index contributed by atoms with van der Waals surface area (Å²) in [5, 5.41) is 12.4. The lowest BCUT2D eigenvalue weighted by Gasteiger charge is -2.00. The van der Waals surface area contributed by atoms with Crippen molar-refractivity contribution in [3.05, 3.63) is 42.2 Å². The van der Waals surface area contributed by atoms with Crippen molar-refractivity contribution in [2.24, 2.45) is 0 Å². The number of hydrogen-bond donors (Lipinski definition) is 0. The van der Waals surface area contributed by atoms with Gasteiger partial charge in [0.15, 0.2) is 0 Å². The molecule has 0 fully saturated rings. The zero-order valence-corrected chi connectivity index (χ0v) is 7.05. The van der Waals surface area contributed by atoms with Gasteiger partial charge in [0.1, 0.15) is 24.5 Å². The Labute approximate surface area is 79.2 Å². The van der Waals surface area contributed by atoms with Crippen molar-refractivity contribution >= 4 is 0 Å². The Balaban J connectivity index is 2.49. The van der Waals surface area contributed by atoms with Crippen molar-refractivity contribution in [1.29, 1.82) is 5.26 Å². The van der Waals surface area contributed by atoms with E-state index in [4.69, 9.17) is 5.26 Å². The average molecular weight is 188 g/mol. The molecule has 0 atom stereocenters. The molecule has 5 heteroatoms. The van der Waals surface area contributed by atoms with Crippen LogP contribution in [0.5, 0.6) is 0 Å². The van der Waals surface area contributed by atoms with Crippen LogP contribution in [0.1, 0.15) is 5.56 Å². The van der Waals surface area contributed by atoms with Crippen LogP contribution in [0, 0.1) is 17.1 Å². The van der Waals surface area contributed by atoms with Gasteiger partial charge in [-0.3, -0.25) is 0 Å². The molecule has 0 radical (unpaired) electrons. The molecule has 0 bridgehead atoms. The largest absolute Gasteiger partial charge is 0.223 e. The van der Waals surface area contributed by atoms with Crippen LogP contribution >= 0.6 is 0 Å². The van der Waals surface area contributed by atoms with Gasteiger partial charge in [-0.1, -0.05) is 0 Å². The Bertz CT molecular complexity index is 484. The maximum Gasteiger partial charge on any atom is 0.143 e. The van der Waals surface area contributed by atoms with Crippen LogP contribution in [-0.4, -0.2) is 14.8 Å². The van der Waals surface area contributed by atoms with Gasteiger partial charge in [0.2, 0.25) is 0 Å². The predicted molar refractivity (Wildman–Crippen MR) is 46.0 cm³/mol. The van der Waals surface area contributed by atoms with E-state index in [2.05, 4.69) is 10.1 Å². The lowest BCUT2D eigenvalue weighted by Crippen LogP contribution is -1.96. The fourth-order valence-corrected chi connectivity index (χ4v) is 1.08. The minimum absolute atomic E-state index is 0.0221. The van der Waals surface area contributed by atoms with Gasteiger partial charge in [-0.25, -0.2) is 14.1 Å². The maximum atomic E-state index is 13.2. The molecule has 0 spiro atoms. The van der Waals surface area contributed by atoms with Crippen molar-refractivity contribution in [3.63, 3.8) is 0 Å². The molecule has 0 N–H and O–H groups in total. The lowest BCUT2D eigenvalue weighted by atomic mass is 10.2. The van der Waals surface area contributed by atoms with Crippen LogP contribution in [-0.2, 0) is 0 Å². The third kappa shape index (κ3) is 1.33. The van der Waals surface area contributed by atoms with E-state index in [9.17, 15) is 4.39 Å². The maximum absolute atomic E-state index is 13.2. The topological polar surface area (TPSA) is 54.5 Å². The predicted octanol–water partition coefficient (Wildman–Crippen LogP) is 1.28. The Hall–Kier alpha value is -2.22. The molecule has 0 aliphatic carbocycles. The van der Waals surface area contributed by atoms with E-state index in [1.165, 1.54) is 29.5 Å². The molecule has 1 heterocycles. The van der Waals surface area contributed by atoms with Gasteiger partial charge in [-0.2, -0.15) is 10.4 Å². The molecule has 0 amide bonds. The summed E-state index contributed by atoms with van der Waals surface area (Å²) in [4.78, 5) is 3.74. The summed E-state index contributed by atoms with van der Waals surface area (Å²) in [6.07, 6.45) is 2.82. The first-order chi connectivity index (χ1) is 6.81. The second-order valence-corrected chi connectivity index (χ2v) is 2.62. The number of benzene rings is 1. The van der Waals surface area contributed by atoms with E-state index in [1.807, 2.05) is 0 Å². The molecule has 4 nitrogen and oxygen atoms in total. The van der Waals surface area contributed by atoms with Crippen molar-refractivity contribution in [2.45, 2.75) is 0 Å². The van der Waals surface area contributed by atoms with Gasteiger partial charge in [0.05, 0.1) is 11.3 Å². The van der Waals surface area contributed by atoms with Crippen LogP contribution in [0.2, 0.25) is 0 Å². The molecule has 0 aliphatic heterocycles. The van der Waals surface area contributed by atoms with E-state index >= 15 is 0 Å². The molecule has 1 aromatic carbocycles. The Morgan fingerprint density at radius 1 is 1.43 bits per heavy atom. The number of hydrogen-bond acceptors (Lipinski definition) is 3. The molecule has 0 aliphatic rings. The molecule has 1 aromatic heterocycles. The Morgan fingerprint density at radius 2 is 2.29 bits per heavy atom. The van der Waals surface area contributed by atoms with E-state index in [-0.39, 0.29) is 5.56 Å².